The largest absolute Gasteiger partial charge is 0.303 e. The smallest absolute Gasteiger partial charge is 0.104 e. The molecule has 0 amide bonds. The van der Waals surface area contributed by atoms with Gasteiger partial charge in [0.2, 0.25) is 0 Å². The lowest BCUT2D eigenvalue weighted by atomic mass is 9.77. The molecule has 2 unspecified atom stereocenters. The minimum absolute atomic E-state index is 0.379. The molecule has 2 atom stereocenters. The molecule has 0 spiro atoms. The first-order valence-corrected chi connectivity index (χ1v) is 7.63. The summed E-state index contributed by atoms with van der Waals surface area (Å²) in [4.78, 5) is 2.54. The highest BCUT2D eigenvalue weighted by Crippen LogP contribution is 2.34. The van der Waals surface area contributed by atoms with Crippen LogP contribution < -0.4 is 5.32 Å². The number of nitriles is 1. The molecule has 19 heavy (non-hydrogen) atoms. The van der Waals surface area contributed by atoms with Crippen molar-refractivity contribution in [3.8, 4) is 6.07 Å². The summed E-state index contributed by atoms with van der Waals surface area (Å²) < 4.78 is 0. The number of nitrogens with zero attached hydrogens (tertiary/aromatic N) is 2. The summed E-state index contributed by atoms with van der Waals surface area (Å²) in [7, 11) is 1.88. The van der Waals surface area contributed by atoms with Gasteiger partial charge in [0.25, 0.3) is 0 Å². The van der Waals surface area contributed by atoms with E-state index in [1.165, 1.54) is 32.4 Å². The number of hydrogen-bond acceptors (Lipinski definition) is 3. The fourth-order valence-electron chi connectivity index (χ4n) is 2.86. The fourth-order valence-corrected chi connectivity index (χ4v) is 2.86. The Labute approximate surface area is 119 Å². The van der Waals surface area contributed by atoms with Crippen LogP contribution in [0.1, 0.15) is 53.4 Å². The molecule has 1 aliphatic heterocycles. The van der Waals surface area contributed by atoms with E-state index in [1.807, 2.05) is 14.0 Å². The molecular weight excluding hydrogens is 234 g/mol. The quantitative estimate of drug-likeness (QED) is 0.849. The van der Waals surface area contributed by atoms with Crippen molar-refractivity contribution < 1.29 is 0 Å². The second-order valence-corrected chi connectivity index (χ2v) is 7.28. The summed E-state index contributed by atoms with van der Waals surface area (Å²) in [5.74, 6) is 0.837. The molecule has 110 valence electrons. The zero-order valence-electron chi connectivity index (χ0n) is 13.4. The maximum Gasteiger partial charge on any atom is 0.104 e. The van der Waals surface area contributed by atoms with Gasteiger partial charge < -0.3 is 10.2 Å². The van der Waals surface area contributed by atoms with Gasteiger partial charge in [-0.25, -0.2) is 0 Å². The van der Waals surface area contributed by atoms with Crippen LogP contribution in [0.3, 0.4) is 0 Å². The lowest BCUT2D eigenvalue weighted by Gasteiger charge is -2.30. The van der Waals surface area contributed by atoms with Crippen LogP contribution >= 0.6 is 0 Å². The van der Waals surface area contributed by atoms with Gasteiger partial charge >= 0.3 is 0 Å². The van der Waals surface area contributed by atoms with E-state index in [-0.39, 0.29) is 5.54 Å². The molecule has 3 nitrogen and oxygen atoms in total. The van der Waals surface area contributed by atoms with E-state index in [2.05, 4.69) is 37.1 Å². The van der Waals surface area contributed by atoms with Crippen molar-refractivity contribution in [1.29, 1.82) is 5.26 Å². The van der Waals surface area contributed by atoms with Crippen LogP contribution in [0.15, 0.2) is 0 Å². The number of rotatable bonds is 4. The molecule has 1 rings (SSSR count). The van der Waals surface area contributed by atoms with Crippen molar-refractivity contribution in [2.24, 2.45) is 11.3 Å². The third-order valence-electron chi connectivity index (χ3n) is 4.77. The molecule has 1 aliphatic rings. The Bertz CT molecular complexity index is 313. The maximum absolute atomic E-state index is 9.19. The van der Waals surface area contributed by atoms with Crippen molar-refractivity contribution in [3.05, 3.63) is 0 Å². The minimum Gasteiger partial charge on any atom is -0.303 e. The van der Waals surface area contributed by atoms with Gasteiger partial charge in [-0.05, 0) is 64.1 Å². The van der Waals surface area contributed by atoms with Crippen LogP contribution in [0, 0.1) is 22.7 Å². The number of likely N-dealkylation sites (tertiary alicyclic amines) is 1. The molecular formula is C16H31N3. The first kappa shape index (κ1) is 16.5. The second-order valence-electron chi connectivity index (χ2n) is 7.28. The molecule has 0 bridgehead atoms. The summed E-state index contributed by atoms with van der Waals surface area (Å²) >= 11 is 0. The first-order valence-electron chi connectivity index (χ1n) is 7.63. The van der Waals surface area contributed by atoms with E-state index in [0.717, 1.165) is 18.9 Å². The molecule has 0 aromatic heterocycles. The second kappa shape index (κ2) is 6.72. The SMILES string of the molecule is CNC(C)(C#N)CCN1CCCC(C(C)(C)C)CC1. The van der Waals surface area contributed by atoms with Gasteiger partial charge in [0.1, 0.15) is 5.54 Å². The summed E-state index contributed by atoms with van der Waals surface area (Å²) in [6.07, 6.45) is 4.85. The van der Waals surface area contributed by atoms with Crippen LogP contribution in [0.4, 0.5) is 0 Å². The van der Waals surface area contributed by atoms with E-state index in [4.69, 9.17) is 0 Å². The molecule has 0 aromatic carbocycles. The molecule has 1 N–H and O–H groups in total. The Balaban J connectivity index is 2.44. The number of nitrogens with one attached hydrogen (secondary N) is 1. The highest BCUT2D eigenvalue weighted by Gasteiger charge is 2.28. The van der Waals surface area contributed by atoms with Gasteiger partial charge in [0.15, 0.2) is 0 Å². The first-order chi connectivity index (χ1) is 8.80. The third-order valence-corrected chi connectivity index (χ3v) is 4.77. The highest BCUT2D eigenvalue weighted by molar-refractivity contribution is 5.03. The van der Waals surface area contributed by atoms with Crippen LogP contribution in [0.25, 0.3) is 0 Å². The van der Waals surface area contributed by atoms with E-state index in [0.29, 0.717) is 5.41 Å². The maximum atomic E-state index is 9.19. The Morgan fingerprint density at radius 3 is 2.42 bits per heavy atom. The fraction of sp³-hybridized carbons (Fsp3) is 0.938. The van der Waals surface area contributed by atoms with Crippen molar-refractivity contribution in [1.82, 2.24) is 10.2 Å². The summed E-state index contributed by atoms with van der Waals surface area (Å²) in [5.41, 5.74) is 0.0535. The minimum atomic E-state index is -0.379. The molecule has 1 saturated heterocycles. The number of hydrogen-bond donors (Lipinski definition) is 1. The Kier molecular flexibility index (Phi) is 5.82. The van der Waals surface area contributed by atoms with Crippen LogP contribution in [-0.2, 0) is 0 Å². The predicted molar refractivity (Wildman–Crippen MR) is 80.9 cm³/mol. The van der Waals surface area contributed by atoms with Gasteiger partial charge in [-0.1, -0.05) is 20.8 Å². The standard InChI is InChI=1S/C16H31N3/c1-15(2,3)14-7-6-10-19(11-8-14)12-9-16(4,13-17)18-5/h14,18H,6-12H2,1-5H3. The molecule has 1 heterocycles. The van der Waals surface area contributed by atoms with E-state index >= 15 is 0 Å². The summed E-state index contributed by atoms with van der Waals surface area (Å²) in [6, 6.07) is 2.38. The normalized spacial score (nSPS) is 25.4. The lowest BCUT2D eigenvalue weighted by molar-refractivity contribution is 0.204. The van der Waals surface area contributed by atoms with Crippen LogP contribution in [0.5, 0.6) is 0 Å². The van der Waals surface area contributed by atoms with Gasteiger partial charge in [-0.2, -0.15) is 5.26 Å². The van der Waals surface area contributed by atoms with Crippen molar-refractivity contribution >= 4 is 0 Å². The topological polar surface area (TPSA) is 39.1 Å². The van der Waals surface area contributed by atoms with E-state index in [9.17, 15) is 5.26 Å². The molecule has 0 aromatic rings. The summed E-state index contributed by atoms with van der Waals surface area (Å²) in [6.45, 7) is 12.5. The predicted octanol–water partition coefficient (Wildman–Crippen LogP) is 3.03. The van der Waals surface area contributed by atoms with Crippen LogP contribution in [0.2, 0.25) is 0 Å². The van der Waals surface area contributed by atoms with Gasteiger partial charge in [-0.15, -0.1) is 0 Å². The lowest BCUT2D eigenvalue weighted by Crippen LogP contribution is -2.42. The monoisotopic (exact) mass is 265 g/mol. The third kappa shape index (κ3) is 5.12. The average molecular weight is 265 g/mol. The molecule has 3 heteroatoms. The zero-order chi connectivity index (χ0) is 14.5. The molecule has 1 fully saturated rings. The van der Waals surface area contributed by atoms with Crippen LogP contribution in [-0.4, -0.2) is 37.1 Å². The molecule has 0 aliphatic carbocycles. The van der Waals surface area contributed by atoms with E-state index in [1.54, 1.807) is 0 Å². The Hall–Kier alpha value is -0.590. The Morgan fingerprint density at radius 1 is 1.21 bits per heavy atom. The molecule has 0 radical (unpaired) electrons. The molecule has 0 saturated carbocycles. The van der Waals surface area contributed by atoms with Gasteiger partial charge in [0, 0.05) is 6.54 Å². The van der Waals surface area contributed by atoms with Gasteiger partial charge in [-0.3, -0.25) is 0 Å². The zero-order valence-corrected chi connectivity index (χ0v) is 13.4. The summed E-state index contributed by atoms with van der Waals surface area (Å²) in [5, 5.41) is 12.3. The average Bonchev–Trinajstić information content (AvgIpc) is 2.61. The van der Waals surface area contributed by atoms with Gasteiger partial charge in [0.05, 0.1) is 6.07 Å². The Morgan fingerprint density at radius 2 is 1.89 bits per heavy atom. The van der Waals surface area contributed by atoms with Crippen molar-refractivity contribution in [2.75, 3.05) is 26.7 Å². The van der Waals surface area contributed by atoms with Crippen molar-refractivity contribution in [3.63, 3.8) is 0 Å². The van der Waals surface area contributed by atoms with Crippen molar-refractivity contribution in [2.45, 2.75) is 58.9 Å². The van der Waals surface area contributed by atoms with E-state index < -0.39 is 0 Å². The highest BCUT2D eigenvalue weighted by atomic mass is 15.1.